The molecule has 2 heterocycles. The zero-order chi connectivity index (χ0) is 23.2. The maximum atomic E-state index is 12.7. The van der Waals surface area contributed by atoms with Gasteiger partial charge in [0.15, 0.2) is 5.16 Å². The van der Waals surface area contributed by atoms with Gasteiger partial charge < -0.3 is 19.5 Å². The van der Waals surface area contributed by atoms with Crippen molar-refractivity contribution in [3.8, 4) is 5.75 Å². The molecule has 33 heavy (non-hydrogen) atoms. The first-order valence-electron chi connectivity index (χ1n) is 10.8. The van der Waals surface area contributed by atoms with Gasteiger partial charge >= 0.3 is 0 Å². The summed E-state index contributed by atoms with van der Waals surface area (Å²) in [6.07, 6.45) is 1.44. The Morgan fingerprint density at radius 1 is 1.09 bits per heavy atom. The van der Waals surface area contributed by atoms with Crippen LogP contribution in [-0.2, 0) is 31.2 Å². The third-order valence-corrected chi connectivity index (χ3v) is 6.72. The largest absolute Gasteiger partial charge is 0.497 e. The van der Waals surface area contributed by atoms with E-state index in [9.17, 15) is 9.59 Å². The molecule has 3 aromatic rings. The molecule has 4 rings (SSSR count). The van der Waals surface area contributed by atoms with E-state index >= 15 is 0 Å². The number of methoxy groups -OCH3 is 1. The minimum atomic E-state index is -0.150. The van der Waals surface area contributed by atoms with E-state index in [-0.39, 0.29) is 11.8 Å². The quantitative estimate of drug-likeness (QED) is 0.514. The number of carbonyl (C=O) groups is 2. The number of thioether (sulfide) groups is 1. The average Bonchev–Trinajstić information content (AvgIpc) is 3.21. The molecule has 1 N–H and O–H groups in total. The van der Waals surface area contributed by atoms with Crippen molar-refractivity contribution >= 4 is 23.6 Å². The summed E-state index contributed by atoms with van der Waals surface area (Å²) in [5.41, 5.74) is 3.12. The van der Waals surface area contributed by atoms with Crippen LogP contribution in [0.25, 0.3) is 0 Å². The van der Waals surface area contributed by atoms with Gasteiger partial charge in [0.25, 0.3) is 5.91 Å². The first-order chi connectivity index (χ1) is 16.0. The van der Waals surface area contributed by atoms with Crippen molar-refractivity contribution in [2.75, 3.05) is 26.0 Å². The number of fused-ring (bicyclic) bond motifs is 1. The van der Waals surface area contributed by atoms with E-state index in [1.54, 1.807) is 31.4 Å². The summed E-state index contributed by atoms with van der Waals surface area (Å²) in [6, 6.07) is 15.2. The number of ether oxygens (including phenoxy) is 1. The number of hydrogen-bond acceptors (Lipinski definition) is 6. The number of rotatable bonds is 8. The van der Waals surface area contributed by atoms with Crippen molar-refractivity contribution in [2.24, 2.45) is 7.05 Å². The molecule has 0 spiro atoms. The van der Waals surface area contributed by atoms with Crippen LogP contribution in [0.15, 0.2) is 53.7 Å². The van der Waals surface area contributed by atoms with Crippen LogP contribution >= 0.6 is 11.8 Å². The number of amides is 2. The highest BCUT2D eigenvalue weighted by atomic mass is 32.2. The maximum Gasteiger partial charge on any atom is 0.251 e. The van der Waals surface area contributed by atoms with Gasteiger partial charge in [-0.15, -0.1) is 10.2 Å². The van der Waals surface area contributed by atoms with E-state index < -0.39 is 0 Å². The second-order valence-corrected chi connectivity index (χ2v) is 8.76. The molecule has 2 aromatic carbocycles. The Labute approximate surface area is 197 Å². The van der Waals surface area contributed by atoms with Gasteiger partial charge in [-0.25, -0.2) is 0 Å². The van der Waals surface area contributed by atoms with Crippen LogP contribution in [0.3, 0.4) is 0 Å². The molecule has 0 atom stereocenters. The first-order valence-corrected chi connectivity index (χ1v) is 11.8. The standard InChI is InChI=1S/C24H27N5O3S/c1-28-21(11-13-25-23(31)18-7-9-20(32-2)10-8-18)26-27-24(28)33-16-22(30)29-14-12-17-5-3-4-6-19(17)15-29/h3-10H,11-16H2,1-2H3,(H,25,31). The normalized spacial score (nSPS) is 12.8. The highest BCUT2D eigenvalue weighted by Crippen LogP contribution is 2.21. The molecule has 1 aromatic heterocycles. The van der Waals surface area contributed by atoms with Gasteiger partial charge in [0.05, 0.1) is 12.9 Å². The number of aromatic nitrogens is 3. The number of hydrogen-bond donors (Lipinski definition) is 1. The van der Waals surface area contributed by atoms with Crippen LogP contribution in [0.2, 0.25) is 0 Å². The van der Waals surface area contributed by atoms with Gasteiger partial charge in [-0.2, -0.15) is 0 Å². The Hall–Kier alpha value is -3.33. The van der Waals surface area contributed by atoms with E-state index in [1.165, 1.54) is 22.9 Å². The van der Waals surface area contributed by atoms with Gasteiger partial charge in [0.2, 0.25) is 5.91 Å². The van der Waals surface area contributed by atoms with E-state index in [0.29, 0.717) is 41.7 Å². The molecule has 8 nitrogen and oxygen atoms in total. The number of nitrogens with zero attached hydrogens (tertiary/aromatic N) is 4. The van der Waals surface area contributed by atoms with Crippen molar-refractivity contribution in [3.05, 3.63) is 71.0 Å². The Balaban J connectivity index is 1.25. The van der Waals surface area contributed by atoms with E-state index in [0.717, 1.165) is 18.8 Å². The lowest BCUT2D eigenvalue weighted by molar-refractivity contribution is -0.129. The summed E-state index contributed by atoms with van der Waals surface area (Å²) in [4.78, 5) is 26.9. The minimum Gasteiger partial charge on any atom is -0.497 e. The highest BCUT2D eigenvalue weighted by molar-refractivity contribution is 7.99. The lowest BCUT2D eigenvalue weighted by atomic mass is 10.00. The van der Waals surface area contributed by atoms with E-state index in [1.807, 2.05) is 28.6 Å². The third-order valence-electron chi connectivity index (χ3n) is 5.72. The molecule has 0 saturated heterocycles. The van der Waals surface area contributed by atoms with Gasteiger partial charge in [-0.1, -0.05) is 36.0 Å². The minimum absolute atomic E-state index is 0.103. The van der Waals surface area contributed by atoms with Crippen LogP contribution in [0.4, 0.5) is 0 Å². The fraction of sp³-hybridized carbons (Fsp3) is 0.333. The van der Waals surface area contributed by atoms with E-state index in [4.69, 9.17) is 4.74 Å². The second-order valence-electron chi connectivity index (χ2n) is 7.81. The zero-order valence-corrected chi connectivity index (χ0v) is 19.6. The average molecular weight is 466 g/mol. The molecule has 0 unspecified atom stereocenters. The fourth-order valence-electron chi connectivity index (χ4n) is 3.75. The predicted molar refractivity (Wildman–Crippen MR) is 126 cm³/mol. The van der Waals surface area contributed by atoms with Gasteiger partial charge in [0, 0.05) is 38.7 Å². The SMILES string of the molecule is COc1ccc(C(=O)NCCc2nnc(SCC(=O)N3CCc4ccccc4C3)n2C)cc1. The highest BCUT2D eigenvalue weighted by Gasteiger charge is 2.21. The number of nitrogens with one attached hydrogen (secondary N) is 1. The van der Waals surface area contributed by atoms with Crippen molar-refractivity contribution in [3.63, 3.8) is 0 Å². The van der Waals surface area contributed by atoms with Crippen LogP contribution in [0, 0.1) is 0 Å². The molecule has 9 heteroatoms. The molecule has 0 fully saturated rings. The summed E-state index contributed by atoms with van der Waals surface area (Å²) in [6.45, 7) is 1.84. The van der Waals surface area contributed by atoms with Crippen molar-refractivity contribution in [1.29, 1.82) is 0 Å². The monoisotopic (exact) mass is 465 g/mol. The van der Waals surface area contributed by atoms with Crippen LogP contribution in [0.5, 0.6) is 5.75 Å². The smallest absolute Gasteiger partial charge is 0.251 e. The second kappa shape index (κ2) is 10.5. The van der Waals surface area contributed by atoms with Gasteiger partial charge in [-0.05, 0) is 41.8 Å². The summed E-state index contributed by atoms with van der Waals surface area (Å²) >= 11 is 1.39. The Morgan fingerprint density at radius 2 is 1.85 bits per heavy atom. The summed E-state index contributed by atoms with van der Waals surface area (Å²) in [5, 5.41) is 12.0. The lowest BCUT2D eigenvalue weighted by Gasteiger charge is -2.28. The topological polar surface area (TPSA) is 89.3 Å². The zero-order valence-electron chi connectivity index (χ0n) is 18.8. The first kappa shape index (κ1) is 22.8. The Morgan fingerprint density at radius 3 is 2.61 bits per heavy atom. The van der Waals surface area contributed by atoms with Crippen LogP contribution in [-0.4, -0.2) is 57.4 Å². The summed E-state index contributed by atoms with van der Waals surface area (Å²) in [7, 11) is 3.47. The maximum absolute atomic E-state index is 12.7. The molecule has 1 aliphatic rings. The van der Waals surface area contributed by atoms with Gasteiger partial charge in [0.1, 0.15) is 11.6 Å². The third kappa shape index (κ3) is 5.54. The van der Waals surface area contributed by atoms with E-state index in [2.05, 4.69) is 27.6 Å². The van der Waals surface area contributed by atoms with Crippen molar-refractivity contribution in [2.45, 2.75) is 24.5 Å². The van der Waals surface area contributed by atoms with Crippen LogP contribution in [0.1, 0.15) is 27.3 Å². The molecule has 0 radical (unpaired) electrons. The molecular weight excluding hydrogens is 438 g/mol. The molecule has 2 amide bonds. The predicted octanol–water partition coefficient (Wildman–Crippen LogP) is 2.47. The molecule has 1 aliphatic heterocycles. The van der Waals surface area contributed by atoms with Crippen molar-refractivity contribution in [1.82, 2.24) is 25.0 Å². The van der Waals surface area contributed by atoms with Gasteiger partial charge in [-0.3, -0.25) is 9.59 Å². The summed E-state index contributed by atoms with van der Waals surface area (Å²) in [5.74, 6) is 1.74. The number of carbonyl (C=O) groups excluding carboxylic acids is 2. The fourth-order valence-corrected chi connectivity index (χ4v) is 4.58. The Bertz CT molecular complexity index is 1130. The molecule has 0 aliphatic carbocycles. The summed E-state index contributed by atoms with van der Waals surface area (Å²) < 4.78 is 6.99. The molecule has 172 valence electrons. The number of benzene rings is 2. The molecule has 0 saturated carbocycles. The molecular formula is C24H27N5O3S. The lowest BCUT2D eigenvalue weighted by Crippen LogP contribution is -2.37. The van der Waals surface area contributed by atoms with Crippen molar-refractivity contribution < 1.29 is 14.3 Å². The van der Waals surface area contributed by atoms with Crippen LogP contribution < -0.4 is 10.1 Å². The molecule has 0 bridgehead atoms. The Kier molecular flexibility index (Phi) is 7.29.